The van der Waals surface area contributed by atoms with Gasteiger partial charge < -0.3 is 21.0 Å². The molecule has 0 radical (unpaired) electrons. The summed E-state index contributed by atoms with van der Waals surface area (Å²) < 4.78 is 6.94. The smallest absolute Gasteiger partial charge is 0.225 e. The number of rotatable bonds is 5. The number of oxime groups is 1. The second kappa shape index (κ2) is 6.38. The number of anilines is 1. The molecule has 1 amide bonds. The predicted octanol–water partition coefficient (Wildman–Crippen LogP) is 0.412. The quantitative estimate of drug-likeness (QED) is 0.313. The standard InChI is InChI=1S/C12H19N5O3/c1-17-12(9(7-14-17)11(13)16-19)15-10(18)5-4-8-3-2-6-20-8/h7-8,19H,2-6H2,1H3,(H2,13,16)(H,15,18). The second-order valence-electron chi connectivity index (χ2n) is 4.74. The molecule has 1 unspecified atom stereocenters. The summed E-state index contributed by atoms with van der Waals surface area (Å²) in [7, 11) is 1.67. The molecule has 1 aliphatic rings. The highest BCUT2D eigenvalue weighted by Gasteiger charge is 2.19. The van der Waals surface area contributed by atoms with Crippen LogP contribution < -0.4 is 11.1 Å². The number of carbonyl (C=O) groups is 1. The van der Waals surface area contributed by atoms with Gasteiger partial charge >= 0.3 is 0 Å². The molecule has 0 aromatic carbocycles. The monoisotopic (exact) mass is 281 g/mol. The van der Waals surface area contributed by atoms with E-state index in [0.29, 0.717) is 24.2 Å². The summed E-state index contributed by atoms with van der Waals surface area (Å²) >= 11 is 0. The fourth-order valence-corrected chi connectivity index (χ4v) is 2.19. The van der Waals surface area contributed by atoms with Gasteiger partial charge in [-0.2, -0.15) is 5.10 Å². The molecule has 0 bridgehead atoms. The Kier molecular flexibility index (Phi) is 4.57. The highest BCUT2D eigenvalue weighted by molar-refractivity contribution is 6.04. The fourth-order valence-electron chi connectivity index (χ4n) is 2.19. The van der Waals surface area contributed by atoms with Crippen LogP contribution in [0.4, 0.5) is 5.82 Å². The molecule has 8 nitrogen and oxygen atoms in total. The zero-order valence-corrected chi connectivity index (χ0v) is 11.4. The average molecular weight is 281 g/mol. The maximum absolute atomic E-state index is 11.9. The molecular formula is C12H19N5O3. The van der Waals surface area contributed by atoms with Gasteiger partial charge in [0, 0.05) is 20.1 Å². The number of nitrogens with one attached hydrogen (secondary N) is 1. The Morgan fingerprint density at radius 2 is 2.55 bits per heavy atom. The van der Waals surface area contributed by atoms with E-state index in [9.17, 15) is 4.79 Å². The van der Waals surface area contributed by atoms with Gasteiger partial charge in [-0.15, -0.1) is 0 Å². The molecule has 110 valence electrons. The van der Waals surface area contributed by atoms with Gasteiger partial charge in [-0.05, 0) is 19.3 Å². The van der Waals surface area contributed by atoms with Crippen LogP contribution in [-0.2, 0) is 16.6 Å². The van der Waals surface area contributed by atoms with E-state index in [1.807, 2.05) is 0 Å². The van der Waals surface area contributed by atoms with Crippen molar-refractivity contribution in [3.8, 4) is 0 Å². The molecule has 2 heterocycles. The number of nitrogens with two attached hydrogens (primary N) is 1. The maximum atomic E-state index is 11.9. The lowest BCUT2D eigenvalue weighted by Gasteiger charge is -2.10. The zero-order chi connectivity index (χ0) is 14.5. The Labute approximate surface area is 116 Å². The van der Waals surface area contributed by atoms with E-state index in [2.05, 4.69) is 15.6 Å². The molecule has 1 aromatic rings. The molecule has 1 fully saturated rings. The lowest BCUT2D eigenvalue weighted by Crippen LogP contribution is -2.21. The lowest BCUT2D eigenvalue weighted by atomic mass is 10.1. The number of amidine groups is 1. The Morgan fingerprint density at radius 3 is 3.20 bits per heavy atom. The third-order valence-corrected chi connectivity index (χ3v) is 3.30. The van der Waals surface area contributed by atoms with Gasteiger partial charge in [0.2, 0.25) is 5.91 Å². The van der Waals surface area contributed by atoms with Gasteiger partial charge in [-0.1, -0.05) is 5.16 Å². The van der Waals surface area contributed by atoms with Crippen LogP contribution in [0, 0.1) is 0 Å². The van der Waals surface area contributed by atoms with Crippen LogP contribution in [0.15, 0.2) is 11.4 Å². The van der Waals surface area contributed by atoms with Crippen molar-refractivity contribution >= 4 is 17.6 Å². The van der Waals surface area contributed by atoms with Crippen LogP contribution in [0.25, 0.3) is 0 Å². The van der Waals surface area contributed by atoms with Crippen molar-refractivity contribution in [1.82, 2.24) is 9.78 Å². The number of aromatic nitrogens is 2. The molecule has 2 rings (SSSR count). The first-order chi connectivity index (χ1) is 9.61. The van der Waals surface area contributed by atoms with Crippen molar-refractivity contribution in [2.24, 2.45) is 17.9 Å². The van der Waals surface area contributed by atoms with E-state index in [4.69, 9.17) is 15.7 Å². The van der Waals surface area contributed by atoms with Gasteiger partial charge in [0.25, 0.3) is 0 Å². The minimum atomic E-state index is -0.143. The molecule has 1 atom stereocenters. The highest BCUT2D eigenvalue weighted by atomic mass is 16.5. The highest BCUT2D eigenvalue weighted by Crippen LogP contribution is 2.18. The first-order valence-corrected chi connectivity index (χ1v) is 6.53. The predicted molar refractivity (Wildman–Crippen MR) is 72.6 cm³/mol. The van der Waals surface area contributed by atoms with Gasteiger partial charge in [-0.3, -0.25) is 9.48 Å². The molecule has 0 aliphatic carbocycles. The largest absolute Gasteiger partial charge is 0.409 e. The first kappa shape index (κ1) is 14.3. The van der Waals surface area contributed by atoms with Crippen LogP contribution in [0.5, 0.6) is 0 Å². The minimum absolute atomic E-state index is 0.0903. The fraction of sp³-hybridized carbons (Fsp3) is 0.583. The number of amides is 1. The molecule has 8 heteroatoms. The van der Waals surface area contributed by atoms with Crippen LogP contribution in [0.1, 0.15) is 31.2 Å². The van der Waals surface area contributed by atoms with E-state index in [1.54, 1.807) is 7.05 Å². The second-order valence-corrected chi connectivity index (χ2v) is 4.74. The first-order valence-electron chi connectivity index (χ1n) is 6.53. The van der Waals surface area contributed by atoms with E-state index in [-0.39, 0.29) is 17.8 Å². The zero-order valence-electron chi connectivity index (χ0n) is 11.4. The summed E-state index contributed by atoms with van der Waals surface area (Å²) in [6, 6.07) is 0. The van der Waals surface area contributed by atoms with Crippen molar-refractivity contribution < 1.29 is 14.7 Å². The van der Waals surface area contributed by atoms with E-state index in [0.717, 1.165) is 19.4 Å². The van der Waals surface area contributed by atoms with Crippen molar-refractivity contribution in [3.05, 3.63) is 11.8 Å². The third-order valence-electron chi connectivity index (χ3n) is 3.30. The van der Waals surface area contributed by atoms with Crippen LogP contribution in [0.2, 0.25) is 0 Å². The number of hydrogen-bond donors (Lipinski definition) is 3. The molecule has 4 N–H and O–H groups in total. The van der Waals surface area contributed by atoms with Crippen LogP contribution >= 0.6 is 0 Å². The summed E-state index contributed by atoms with van der Waals surface area (Å²) in [5, 5.41) is 18.3. The van der Waals surface area contributed by atoms with Crippen LogP contribution in [0.3, 0.4) is 0 Å². The number of ether oxygens (including phenoxy) is 1. The van der Waals surface area contributed by atoms with Crippen molar-refractivity contribution in [2.45, 2.75) is 31.8 Å². The summed E-state index contributed by atoms with van der Waals surface area (Å²) in [6.45, 7) is 0.779. The molecule has 0 spiro atoms. The van der Waals surface area contributed by atoms with Crippen molar-refractivity contribution in [2.75, 3.05) is 11.9 Å². The lowest BCUT2D eigenvalue weighted by molar-refractivity contribution is -0.116. The summed E-state index contributed by atoms with van der Waals surface area (Å²) in [5.41, 5.74) is 5.92. The average Bonchev–Trinajstić information content (AvgIpc) is 3.07. The van der Waals surface area contributed by atoms with E-state index in [1.165, 1.54) is 10.9 Å². The SMILES string of the molecule is Cn1ncc(C(N)=NO)c1NC(=O)CCC1CCCO1. The number of aryl methyl sites for hydroxylation is 1. The molecule has 1 saturated heterocycles. The van der Waals surface area contributed by atoms with Gasteiger partial charge in [0.1, 0.15) is 5.82 Å². The van der Waals surface area contributed by atoms with E-state index >= 15 is 0 Å². The Hall–Kier alpha value is -2.09. The van der Waals surface area contributed by atoms with Gasteiger partial charge in [-0.25, -0.2) is 0 Å². The molecule has 0 saturated carbocycles. The third kappa shape index (κ3) is 3.27. The van der Waals surface area contributed by atoms with Crippen molar-refractivity contribution in [3.63, 3.8) is 0 Å². The molecule has 20 heavy (non-hydrogen) atoms. The number of hydrogen-bond acceptors (Lipinski definition) is 5. The van der Waals surface area contributed by atoms with E-state index < -0.39 is 0 Å². The minimum Gasteiger partial charge on any atom is -0.409 e. The molecular weight excluding hydrogens is 262 g/mol. The Morgan fingerprint density at radius 1 is 1.75 bits per heavy atom. The normalized spacial score (nSPS) is 19.2. The van der Waals surface area contributed by atoms with Crippen molar-refractivity contribution in [1.29, 1.82) is 0 Å². The Balaban J connectivity index is 1.95. The summed E-state index contributed by atoms with van der Waals surface area (Å²) in [4.78, 5) is 11.9. The number of carbonyl (C=O) groups excluding carboxylic acids is 1. The van der Waals surface area contributed by atoms with Crippen LogP contribution in [-0.4, -0.2) is 39.4 Å². The maximum Gasteiger partial charge on any atom is 0.225 e. The summed E-state index contributed by atoms with van der Waals surface area (Å²) in [5.74, 6) is 0.182. The number of nitrogens with zero attached hydrogens (tertiary/aromatic N) is 3. The van der Waals surface area contributed by atoms with Gasteiger partial charge in [0.05, 0.1) is 17.9 Å². The van der Waals surface area contributed by atoms with Gasteiger partial charge in [0.15, 0.2) is 5.84 Å². The topological polar surface area (TPSA) is 115 Å². The molecule has 1 aliphatic heterocycles. The summed E-state index contributed by atoms with van der Waals surface area (Å²) in [6.07, 6.45) is 4.74. The Bertz CT molecular complexity index is 505. The molecule has 1 aromatic heterocycles.